The maximum absolute atomic E-state index is 5.41. The third-order valence-corrected chi connectivity index (χ3v) is 3.84. The topological polar surface area (TPSA) is 21.3 Å². The van der Waals surface area contributed by atoms with Crippen molar-refractivity contribution < 1.29 is 4.74 Å². The lowest BCUT2D eigenvalue weighted by atomic mass is 10.00. The fraction of sp³-hybridized carbons (Fsp3) is 1.00. The molecule has 0 radical (unpaired) electrons. The van der Waals surface area contributed by atoms with Crippen molar-refractivity contribution in [1.29, 1.82) is 0 Å². The van der Waals surface area contributed by atoms with Gasteiger partial charge in [0, 0.05) is 18.4 Å². The molecule has 0 saturated carbocycles. The summed E-state index contributed by atoms with van der Waals surface area (Å²) < 4.78 is 5.41. The van der Waals surface area contributed by atoms with E-state index in [4.69, 9.17) is 4.74 Å². The Bertz CT molecular complexity index is 162. The monoisotopic (exact) mass is 233 g/mol. The van der Waals surface area contributed by atoms with Crippen LogP contribution >= 0.6 is 11.8 Å². The van der Waals surface area contributed by atoms with Gasteiger partial charge in [-0.25, -0.2) is 0 Å². The van der Waals surface area contributed by atoms with Crippen molar-refractivity contribution >= 4 is 11.8 Å². The fourth-order valence-electron chi connectivity index (χ4n) is 1.54. The van der Waals surface area contributed by atoms with Gasteiger partial charge in [-0.2, -0.15) is 11.8 Å². The average molecular weight is 233 g/mol. The van der Waals surface area contributed by atoms with E-state index in [0.717, 1.165) is 18.2 Å². The van der Waals surface area contributed by atoms with Crippen LogP contribution in [-0.4, -0.2) is 36.8 Å². The molecule has 2 unspecified atom stereocenters. The molecule has 3 heteroatoms. The van der Waals surface area contributed by atoms with Gasteiger partial charge in [0.05, 0.1) is 5.60 Å². The van der Waals surface area contributed by atoms with Crippen molar-refractivity contribution in [3.63, 3.8) is 0 Å². The summed E-state index contributed by atoms with van der Waals surface area (Å²) >= 11 is 1.93. The molecular weight excluding hydrogens is 206 g/mol. The molecular formula is C12H27NOS. The van der Waals surface area contributed by atoms with Crippen LogP contribution in [0.1, 0.15) is 40.5 Å². The summed E-state index contributed by atoms with van der Waals surface area (Å²) in [7, 11) is 1.78. The zero-order chi connectivity index (χ0) is 11.9. The molecule has 0 spiro atoms. The Labute approximate surface area is 99.5 Å². The van der Waals surface area contributed by atoms with Gasteiger partial charge in [-0.15, -0.1) is 0 Å². The highest BCUT2D eigenvalue weighted by Gasteiger charge is 2.19. The van der Waals surface area contributed by atoms with Crippen molar-refractivity contribution in [2.75, 3.05) is 19.9 Å². The summed E-state index contributed by atoms with van der Waals surface area (Å²) in [6.45, 7) is 9.87. The van der Waals surface area contributed by atoms with Crippen LogP contribution in [0.2, 0.25) is 0 Å². The van der Waals surface area contributed by atoms with Crippen LogP contribution in [0.25, 0.3) is 0 Å². The maximum Gasteiger partial charge on any atom is 0.0637 e. The molecule has 92 valence electrons. The van der Waals surface area contributed by atoms with Crippen LogP contribution in [0.15, 0.2) is 0 Å². The first-order valence-corrected chi connectivity index (χ1v) is 7.01. The standard InChI is InChI=1S/C12H27NOS/c1-10(9-12(3,4)14-5)13-8-7-11(2)15-6/h10-11,13H,7-9H2,1-6H3. The van der Waals surface area contributed by atoms with Gasteiger partial charge in [-0.3, -0.25) is 0 Å². The highest BCUT2D eigenvalue weighted by atomic mass is 32.2. The highest BCUT2D eigenvalue weighted by molar-refractivity contribution is 7.99. The summed E-state index contributed by atoms with van der Waals surface area (Å²) in [5.74, 6) is 0. The highest BCUT2D eigenvalue weighted by Crippen LogP contribution is 2.15. The fourth-order valence-corrected chi connectivity index (χ4v) is 1.90. The Kier molecular flexibility index (Phi) is 7.66. The third kappa shape index (κ3) is 8.12. The van der Waals surface area contributed by atoms with Crippen molar-refractivity contribution in [3.05, 3.63) is 0 Å². The van der Waals surface area contributed by atoms with Crippen LogP contribution in [0.5, 0.6) is 0 Å². The van der Waals surface area contributed by atoms with Gasteiger partial charge in [0.15, 0.2) is 0 Å². The first-order valence-electron chi connectivity index (χ1n) is 5.72. The normalized spacial score (nSPS) is 16.4. The summed E-state index contributed by atoms with van der Waals surface area (Å²) in [5, 5.41) is 4.30. The Morgan fingerprint density at radius 1 is 1.33 bits per heavy atom. The van der Waals surface area contributed by atoms with Crippen LogP contribution in [0, 0.1) is 0 Å². The molecule has 0 rings (SSSR count). The third-order valence-electron chi connectivity index (χ3n) is 2.80. The minimum atomic E-state index is -0.0163. The molecule has 0 aliphatic heterocycles. The Morgan fingerprint density at radius 3 is 2.40 bits per heavy atom. The van der Waals surface area contributed by atoms with E-state index >= 15 is 0 Å². The number of ether oxygens (including phenoxy) is 1. The lowest BCUT2D eigenvalue weighted by Crippen LogP contribution is -2.36. The largest absolute Gasteiger partial charge is 0.379 e. The van der Waals surface area contributed by atoms with Gasteiger partial charge in [0.2, 0.25) is 0 Å². The number of rotatable bonds is 8. The molecule has 0 aliphatic rings. The Balaban J connectivity index is 3.62. The number of hydrogen-bond acceptors (Lipinski definition) is 3. The molecule has 0 aliphatic carbocycles. The average Bonchev–Trinajstić information content (AvgIpc) is 2.16. The van der Waals surface area contributed by atoms with Crippen LogP contribution < -0.4 is 5.32 Å². The minimum absolute atomic E-state index is 0.0163. The summed E-state index contributed by atoms with van der Waals surface area (Å²) in [5.41, 5.74) is -0.0163. The summed E-state index contributed by atoms with van der Waals surface area (Å²) in [6, 6.07) is 0.522. The van der Waals surface area contributed by atoms with Gasteiger partial charge >= 0.3 is 0 Å². The van der Waals surface area contributed by atoms with Crippen molar-refractivity contribution in [3.8, 4) is 0 Å². The van der Waals surface area contributed by atoms with Gasteiger partial charge in [0.25, 0.3) is 0 Å². The molecule has 0 aromatic carbocycles. The number of nitrogens with one attached hydrogen (secondary N) is 1. The van der Waals surface area contributed by atoms with Crippen LogP contribution in [-0.2, 0) is 4.74 Å². The van der Waals surface area contributed by atoms with Gasteiger partial charge in [0.1, 0.15) is 0 Å². The molecule has 0 aromatic rings. The van der Waals surface area contributed by atoms with Crippen molar-refractivity contribution in [2.24, 2.45) is 0 Å². The first kappa shape index (κ1) is 15.3. The Hall–Kier alpha value is 0.270. The Morgan fingerprint density at radius 2 is 1.93 bits per heavy atom. The van der Waals surface area contributed by atoms with E-state index in [0.29, 0.717) is 6.04 Å². The predicted octanol–water partition coefficient (Wildman–Crippen LogP) is 2.92. The van der Waals surface area contributed by atoms with E-state index in [1.54, 1.807) is 7.11 Å². The minimum Gasteiger partial charge on any atom is -0.379 e. The number of thioether (sulfide) groups is 1. The zero-order valence-electron chi connectivity index (χ0n) is 11.1. The van der Waals surface area contributed by atoms with Gasteiger partial charge in [-0.05, 0) is 46.4 Å². The molecule has 1 N–H and O–H groups in total. The lowest BCUT2D eigenvalue weighted by molar-refractivity contribution is 0.00861. The van der Waals surface area contributed by atoms with E-state index < -0.39 is 0 Å². The molecule has 0 amide bonds. The molecule has 2 nitrogen and oxygen atoms in total. The van der Waals surface area contributed by atoms with E-state index in [1.807, 2.05) is 11.8 Å². The molecule has 0 saturated heterocycles. The lowest BCUT2D eigenvalue weighted by Gasteiger charge is -2.27. The predicted molar refractivity (Wildman–Crippen MR) is 70.8 cm³/mol. The zero-order valence-corrected chi connectivity index (χ0v) is 11.9. The van der Waals surface area contributed by atoms with Crippen LogP contribution in [0.3, 0.4) is 0 Å². The van der Waals surface area contributed by atoms with E-state index in [-0.39, 0.29) is 5.60 Å². The molecule has 0 fully saturated rings. The van der Waals surface area contributed by atoms with Crippen molar-refractivity contribution in [2.45, 2.75) is 57.4 Å². The summed E-state index contributed by atoms with van der Waals surface area (Å²) in [6.07, 6.45) is 4.46. The molecule has 2 atom stereocenters. The van der Waals surface area contributed by atoms with E-state index in [2.05, 4.69) is 39.3 Å². The maximum atomic E-state index is 5.41. The molecule has 0 bridgehead atoms. The first-order chi connectivity index (χ1) is 6.91. The molecule has 0 heterocycles. The summed E-state index contributed by atoms with van der Waals surface area (Å²) in [4.78, 5) is 0. The molecule has 0 aromatic heterocycles. The second-order valence-electron chi connectivity index (χ2n) is 4.86. The van der Waals surface area contributed by atoms with Crippen molar-refractivity contribution in [1.82, 2.24) is 5.32 Å². The van der Waals surface area contributed by atoms with Gasteiger partial charge in [-0.1, -0.05) is 6.92 Å². The van der Waals surface area contributed by atoms with E-state index in [1.165, 1.54) is 6.42 Å². The number of hydrogen-bond donors (Lipinski definition) is 1. The second kappa shape index (κ2) is 7.53. The van der Waals surface area contributed by atoms with Gasteiger partial charge < -0.3 is 10.1 Å². The quantitative estimate of drug-likeness (QED) is 0.696. The smallest absolute Gasteiger partial charge is 0.0637 e. The second-order valence-corrected chi connectivity index (χ2v) is 6.13. The SMILES string of the molecule is COC(C)(C)CC(C)NCCC(C)SC. The van der Waals surface area contributed by atoms with E-state index in [9.17, 15) is 0 Å². The molecule has 15 heavy (non-hydrogen) atoms. The van der Waals surface area contributed by atoms with Crippen LogP contribution in [0.4, 0.5) is 0 Å². The number of methoxy groups -OCH3 is 1.